The molecule has 0 aliphatic carbocycles. The molecule has 1 atom stereocenters. The van der Waals surface area contributed by atoms with Crippen LogP contribution in [0.2, 0.25) is 0 Å². The van der Waals surface area contributed by atoms with Crippen LogP contribution in [0.1, 0.15) is 13.8 Å². The molecular formula is C6H12O3S. The van der Waals surface area contributed by atoms with Crippen LogP contribution in [0.3, 0.4) is 0 Å². The molecule has 4 heteroatoms. The number of hydrogen-bond donors (Lipinski definition) is 0. The number of hydrogen-bond acceptors (Lipinski definition) is 3. The predicted molar refractivity (Wildman–Crippen MR) is 41.3 cm³/mol. The highest BCUT2D eigenvalue weighted by Crippen LogP contribution is 2.20. The lowest BCUT2D eigenvalue weighted by Gasteiger charge is -2.14. The highest BCUT2D eigenvalue weighted by Gasteiger charge is 2.31. The lowest BCUT2D eigenvalue weighted by atomic mass is 10.4. The van der Waals surface area contributed by atoms with Gasteiger partial charge in [-0.15, -0.1) is 0 Å². The van der Waals surface area contributed by atoms with Gasteiger partial charge in [0.2, 0.25) is 0 Å². The van der Waals surface area contributed by atoms with E-state index < -0.39 is 5.79 Å². The third-order valence-electron chi connectivity index (χ3n) is 1.18. The molecule has 0 spiro atoms. The van der Waals surface area contributed by atoms with Crippen molar-refractivity contribution in [1.82, 2.24) is 0 Å². The van der Waals surface area contributed by atoms with E-state index in [1.807, 2.05) is 0 Å². The summed E-state index contributed by atoms with van der Waals surface area (Å²) < 4.78 is 10.2. The van der Waals surface area contributed by atoms with Crippen LogP contribution in [-0.2, 0) is 14.3 Å². The molecule has 0 aromatic carbocycles. The molecule has 1 heterocycles. The molecule has 60 valence electrons. The fourth-order valence-electron chi connectivity index (χ4n) is 0.782. The van der Waals surface area contributed by atoms with Gasteiger partial charge in [-0.1, -0.05) is 0 Å². The van der Waals surface area contributed by atoms with Crippen LogP contribution in [0, 0.1) is 0 Å². The van der Waals surface area contributed by atoms with Gasteiger partial charge in [0, 0.05) is 0 Å². The monoisotopic (exact) mass is 164 g/mol. The number of ether oxygens (including phenoxy) is 2. The van der Waals surface area contributed by atoms with Gasteiger partial charge < -0.3 is 14.3 Å². The molecule has 0 radical (unpaired) electrons. The Morgan fingerprint density at radius 2 is 2.20 bits per heavy atom. The minimum atomic E-state index is -0.564. The molecule has 10 heavy (non-hydrogen) atoms. The standard InChI is InChI=1S/C6H10O3.H2S/c1-6(2)8-4-5(3-7)9-6;/h3,5H,4H2,1-2H3;1H2/t5-;/m1./s1. The molecule has 0 bridgehead atoms. The van der Waals surface area contributed by atoms with Crippen LogP contribution in [0.25, 0.3) is 0 Å². The molecule has 1 aliphatic heterocycles. The van der Waals surface area contributed by atoms with Crippen LogP contribution >= 0.6 is 13.5 Å². The van der Waals surface area contributed by atoms with Crippen molar-refractivity contribution in [2.75, 3.05) is 6.61 Å². The zero-order chi connectivity index (χ0) is 6.91. The Bertz CT molecular complexity index is 124. The van der Waals surface area contributed by atoms with Gasteiger partial charge in [0.15, 0.2) is 12.1 Å². The van der Waals surface area contributed by atoms with Crippen LogP contribution in [0.15, 0.2) is 0 Å². The second-order valence-corrected chi connectivity index (χ2v) is 2.50. The lowest BCUT2D eigenvalue weighted by molar-refractivity contribution is -0.145. The van der Waals surface area contributed by atoms with Crippen molar-refractivity contribution in [3.8, 4) is 0 Å². The quantitative estimate of drug-likeness (QED) is 0.528. The number of carbonyl (C=O) groups is 1. The Morgan fingerprint density at radius 1 is 1.60 bits per heavy atom. The number of carbonyl (C=O) groups excluding carboxylic acids is 1. The highest BCUT2D eigenvalue weighted by molar-refractivity contribution is 7.59. The summed E-state index contributed by atoms with van der Waals surface area (Å²) in [5.74, 6) is -0.564. The molecule has 1 rings (SSSR count). The minimum absolute atomic E-state index is 0. The lowest BCUT2D eigenvalue weighted by Crippen LogP contribution is -2.21. The van der Waals surface area contributed by atoms with Gasteiger partial charge in [-0.3, -0.25) is 0 Å². The number of rotatable bonds is 1. The Kier molecular flexibility index (Phi) is 3.35. The summed E-state index contributed by atoms with van der Waals surface area (Å²) in [5.41, 5.74) is 0. The maximum Gasteiger partial charge on any atom is 0.163 e. The molecule has 0 aromatic rings. The Hall–Kier alpha value is -0.0600. The summed E-state index contributed by atoms with van der Waals surface area (Å²) >= 11 is 0. The van der Waals surface area contributed by atoms with Crippen LogP contribution in [0.4, 0.5) is 0 Å². The van der Waals surface area contributed by atoms with E-state index in [0.717, 1.165) is 6.29 Å². The smallest absolute Gasteiger partial charge is 0.163 e. The fourth-order valence-corrected chi connectivity index (χ4v) is 0.782. The van der Waals surface area contributed by atoms with Crippen molar-refractivity contribution in [1.29, 1.82) is 0 Å². The van der Waals surface area contributed by atoms with E-state index in [2.05, 4.69) is 0 Å². The zero-order valence-electron chi connectivity index (χ0n) is 6.09. The first-order chi connectivity index (χ1) is 4.14. The molecule has 1 fully saturated rings. The largest absolute Gasteiger partial charge is 0.347 e. The first kappa shape index (κ1) is 9.94. The van der Waals surface area contributed by atoms with Gasteiger partial charge >= 0.3 is 0 Å². The SMILES string of the molecule is CC1(C)OC[C@@H](C=O)O1.S. The van der Waals surface area contributed by atoms with E-state index in [4.69, 9.17) is 9.47 Å². The number of aldehydes is 1. The molecule has 0 aromatic heterocycles. The van der Waals surface area contributed by atoms with Gasteiger partial charge in [0.25, 0.3) is 0 Å². The average molecular weight is 164 g/mol. The topological polar surface area (TPSA) is 35.5 Å². The Morgan fingerprint density at radius 3 is 2.40 bits per heavy atom. The predicted octanol–water partition coefficient (Wildman–Crippen LogP) is 0.450. The molecular weight excluding hydrogens is 152 g/mol. The van der Waals surface area contributed by atoms with Crippen molar-refractivity contribution in [2.24, 2.45) is 0 Å². The molecule has 0 unspecified atom stereocenters. The first-order valence-corrected chi connectivity index (χ1v) is 2.91. The van der Waals surface area contributed by atoms with Gasteiger partial charge in [-0.05, 0) is 13.8 Å². The Labute approximate surface area is 67.1 Å². The van der Waals surface area contributed by atoms with E-state index in [-0.39, 0.29) is 19.6 Å². The normalized spacial score (nSPS) is 29.2. The summed E-state index contributed by atoms with van der Waals surface area (Å²) in [4.78, 5) is 10.1. The first-order valence-electron chi connectivity index (χ1n) is 2.91. The molecule has 3 nitrogen and oxygen atoms in total. The minimum Gasteiger partial charge on any atom is -0.347 e. The van der Waals surface area contributed by atoms with E-state index in [0.29, 0.717) is 6.61 Å². The van der Waals surface area contributed by atoms with Crippen LogP contribution < -0.4 is 0 Å². The van der Waals surface area contributed by atoms with Gasteiger partial charge in [-0.2, -0.15) is 13.5 Å². The molecule has 0 amide bonds. The summed E-state index contributed by atoms with van der Waals surface area (Å²) in [6.45, 7) is 3.96. The maximum absolute atomic E-state index is 10.1. The van der Waals surface area contributed by atoms with Gasteiger partial charge in [-0.25, -0.2) is 0 Å². The molecule has 1 saturated heterocycles. The Balaban J connectivity index is 0.000000810. The van der Waals surface area contributed by atoms with Crippen molar-refractivity contribution in [3.63, 3.8) is 0 Å². The third-order valence-corrected chi connectivity index (χ3v) is 1.18. The zero-order valence-corrected chi connectivity index (χ0v) is 7.09. The maximum atomic E-state index is 10.1. The van der Waals surface area contributed by atoms with Crippen LogP contribution in [-0.4, -0.2) is 24.8 Å². The third kappa shape index (κ3) is 2.28. The van der Waals surface area contributed by atoms with E-state index >= 15 is 0 Å². The van der Waals surface area contributed by atoms with Crippen molar-refractivity contribution in [2.45, 2.75) is 25.7 Å². The molecule has 1 aliphatic rings. The summed E-state index contributed by atoms with van der Waals surface area (Å²) in [7, 11) is 0. The fraction of sp³-hybridized carbons (Fsp3) is 0.833. The molecule has 0 N–H and O–H groups in total. The second kappa shape index (κ2) is 3.37. The summed E-state index contributed by atoms with van der Waals surface area (Å²) in [5, 5.41) is 0. The van der Waals surface area contributed by atoms with Gasteiger partial charge in [0.1, 0.15) is 6.10 Å². The summed E-state index contributed by atoms with van der Waals surface area (Å²) in [6, 6.07) is 0. The van der Waals surface area contributed by atoms with Gasteiger partial charge in [0.05, 0.1) is 6.61 Å². The van der Waals surface area contributed by atoms with Crippen molar-refractivity contribution in [3.05, 3.63) is 0 Å². The average Bonchev–Trinajstić information content (AvgIpc) is 2.10. The van der Waals surface area contributed by atoms with E-state index in [1.165, 1.54) is 0 Å². The van der Waals surface area contributed by atoms with E-state index in [9.17, 15) is 4.79 Å². The second-order valence-electron chi connectivity index (χ2n) is 2.50. The molecule has 0 saturated carbocycles. The van der Waals surface area contributed by atoms with Crippen LogP contribution in [0.5, 0.6) is 0 Å². The van der Waals surface area contributed by atoms with Crippen molar-refractivity contribution >= 4 is 19.8 Å². The van der Waals surface area contributed by atoms with Crippen molar-refractivity contribution < 1.29 is 14.3 Å². The highest BCUT2D eigenvalue weighted by atomic mass is 32.1. The van der Waals surface area contributed by atoms with E-state index in [1.54, 1.807) is 13.8 Å². The summed E-state index contributed by atoms with van der Waals surface area (Å²) in [6.07, 6.45) is 0.398.